The molecule has 1 atom stereocenters. The summed E-state index contributed by atoms with van der Waals surface area (Å²) in [4.78, 5) is 37.2. The average Bonchev–Trinajstić information content (AvgIpc) is 3.43. The van der Waals surface area contributed by atoms with Gasteiger partial charge in [0.2, 0.25) is 0 Å². The van der Waals surface area contributed by atoms with Gasteiger partial charge >= 0.3 is 0 Å². The summed E-state index contributed by atoms with van der Waals surface area (Å²) in [6.45, 7) is 6.19. The van der Waals surface area contributed by atoms with Gasteiger partial charge in [0.15, 0.2) is 5.65 Å². The van der Waals surface area contributed by atoms with Crippen molar-refractivity contribution in [2.45, 2.75) is 57.5 Å². The zero-order valence-electron chi connectivity index (χ0n) is 22.3. The van der Waals surface area contributed by atoms with E-state index in [0.29, 0.717) is 34.1 Å². The summed E-state index contributed by atoms with van der Waals surface area (Å²) < 4.78 is 16.2. The Morgan fingerprint density at radius 2 is 2.00 bits per heavy atom. The van der Waals surface area contributed by atoms with Gasteiger partial charge in [-0.3, -0.25) is 14.5 Å². The third kappa shape index (κ3) is 4.85. The fraction of sp³-hybridized carbons (Fsp3) is 0.500. The van der Waals surface area contributed by atoms with Crippen molar-refractivity contribution >= 4 is 28.8 Å². The van der Waals surface area contributed by atoms with E-state index in [9.17, 15) is 19.1 Å². The first-order chi connectivity index (χ1) is 18.7. The minimum Gasteiger partial charge on any atom is -0.387 e. The van der Waals surface area contributed by atoms with Gasteiger partial charge in [-0.2, -0.15) is 5.10 Å². The summed E-state index contributed by atoms with van der Waals surface area (Å²) in [5.41, 5.74) is 1.84. The second-order valence-electron chi connectivity index (χ2n) is 11.3. The summed E-state index contributed by atoms with van der Waals surface area (Å²) in [6, 6.07) is 6.06. The lowest BCUT2D eigenvalue weighted by molar-refractivity contribution is -0.0159. The first kappa shape index (κ1) is 25.7. The van der Waals surface area contributed by atoms with Crippen molar-refractivity contribution < 1.29 is 19.1 Å². The lowest BCUT2D eigenvalue weighted by Crippen LogP contribution is -2.52. The second-order valence-corrected chi connectivity index (χ2v) is 11.3. The van der Waals surface area contributed by atoms with E-state index in [1.165, 1.54) is 44.2 Å². The zero-order valence-corrected chi connectivity index (χ0v) is 22.3. The third-order valence-electron chi connectivity index (χ3n) is 8.27. The summed E-state index contributed by atoms with van der Waals surface area (Å²) in [7, 11) is 0. The highest BCUT2D eigenvalue weighted by molar-refractivity contribution is 6.10. The van der Waals surface area contributed by atoms with E-state index >= 15 is 0 Å². The fourth-order valence-corrected chi connectivity index (χ4v) is 5.59. The van der Waals surface area contributed by atoms with Gasteiger partial charge in [-0.15, -0.1) is 0 Å². The molecule has 10 nitrogen and oxygen atoms in total. The number of hydrogen-bond donors (Lipinski definition) is 2. The average molecular weight is 536 g/mol. The topological polar surface area (TPSA) is 106 Å². The van der Waals surface area contributed by atoms with Crippen LogP contribution < -0.4 is 10.2 Å². The van der Waals surface area contributed by atoms with Gasteiger partial charge in [-0.25, -0.2) is 13.9 Å². The van der Waals surface area contributed by atoms with Gasteiger partial charge in [-0.05, 0) is 50.5 Å². The number of carbonyl (C=O) groups is 2. The van der Waals surface area contributed by atoms with E-state index in [0.717, 1.165) is 31.9 Å². The highest BCUT2D eigenvalue weighted by Crippen LogP contribution is 2.36. The molecule has 1 saturated carbocycles. The highest BCUT2D eigenvalue weighted by atomic mass is 19.1. The van der Waals surface area contributed by atoms with Crippen LogP contribution in [-0.4, -0.2) is 91.9 Å². The molecule has 11 heteroatoms. The highest BCUT2D eigenvalue weighted by Gasteiger charge is 2.36. The van der Waals surface area contributed by atoms with Crippen LogP contribution in [0.3, 0.4) is 0 Å². The number of anilines is 2. The predicted octanol–water partition coefficient (Wildman–Crippen LogP) is 2.72. The summed E-state index contributed by atoms with van der Waals surface area (Å²) in [6.07, 6.45) is 7.03. The molecule has 2 amide bonds. The van der Waals surface area contributed by atoms with Gasteiger partial charge in [-0.1, -0.05) is 6.42 Å². The Hall–Kier alpha value is -3.57. The maximum Gasteiger partial charge on any atom is 0.261 e. The first-order valence-electron chi connectivity index (χ1n) is 13.6. The van der Waals surface area contributed by atoms with Crippen LogP contribution in [-0.2, 0) is 6.54 Å². The van der Waals surface area contributed by atoms with Gasteiger partial charge in [0.25, 0.3) is 11.8 Å². The Labute approximate surface area is 226 Å². The van der Waals surface area contributed by atoms with Crippen LogP contribution in [0.4, 0.5) is 15.8 Å². The van der Waals surface area contributed by atoms with E-state index < -0.39 is 11.8 Å². The van der Waals surface area contributed by atoms with Crippen molar-refractivity contribution in [2.24, 2.45) is 0 Å². The number of benzene rings is 1. The number of nitrogens with zero attached hydrogens (tertiary/aromatic N) is 6. The van der Waals surface area contributed by atoms with Crippen LogP contribution in [0.25, 0.3) is 5.65 Å². The lowest BCUT2D eigenvalue weighted by atomic mass is 9.91. The number of hydrogen-bond acceptors (Lipinski definition) is 7. The van der Waals surface area contributed by atoms with E-state index in [2.05, 4.69) is 25.2 Å². The Morgan fingerprint density at radius 1 is 1.23 bits per heavy atom. The van der Waals surface area contributed by atoms with Crippen LogP contribution >= 0.6 is 0 Å². The molecule has 1 aromatic carbocycles. The van der Waals surface area contributed by atoms with Gasteiger partial charge < -0.3 is 20.2 Å². The van der Waals surface area contributed by atoms with Crippen LogP contribution in [0, 0.1) is 0 Å². The van der Waals surface area contributed by atoms with Crippen LogP contribution in [0.15, 0.2) is 36.8 Å². The molecule has 2 aromatic heterocycles. The van der Waals surface area contributed by atoms with Crippen molar-refractivity contribution in [1.29, 1.82) is 0 Å². The molecule has 2 fully saturated rings. The molecule has 1 aliphatic carbocycles. The monoisotopic (exact) mass is 535 g/mol. The summed E-state index contributed by atoms with van der Waals surface area (Å²) in [5, 5.41) is 17.4. The number of rotatable bonds is 7. The summed E-state index contributed by atoms with van der Waals surface area (Å²) >= 11 is 0. The lowest BCUT2D eigenvalue weighted by Gasteiger charge is -2.44. The van der Waals surface area contributed by atoms with Crippen molar-refractivity contribution in [2.75, 3.05) is 42.9 Å². The first-order valence-corrected chi connectivity index (χ1v) is 13.6. The van der Waals surface area contributed by atoms with E-state index in [4.69, 9.17) is 0 Å². The number of carbonyl (C=O) groups excluding carboxylic acids is 2. The maximum absolute atomic E-state index is 14.7. The Kier molecular flexibility index (Phi) is 6.50. The molecule has 2 N–H and O–H groups in total. The van der Waals surface area contributed by atoms with Crippen molar-refractivity contribution in [1.82, 2.24) is 24.4 Å². The van der Waals surface area contributed by atoms with E-state index in [1.54, 1.807) is 23.0 Å². The number of piperazine rings is 1. The fourth-order valence-electron chi connectivity index (χ4n) is 5.59. The molecule has 0 bridgehead atoms. The molecule has 3 aromatic rings. The number of nitrogens with one attached hydrogen (secondary N) is 1. The summed E-state index contributed by atoms with van der Waals surface area (Å²) in [5.74, 6) is -0.610. The number of aliphatic hydroxyl groups is 1. The van der Waals surface area contributed by atoms with Gasteiger partial charge in [0.05, 0.1) is 29.7 Å². The Morgan fingerprint density at radius 3 is 2.69 bits per heavy atom. The van der Waals surface area contributed by atoms with Crippen molar-refractivity contribution in [3.63, 3.8) is 0 Å². The quantitative estimate of drug-likeness (QED) is 0.479. The molecule has 206 valence electrons. The molecule has 6 rings (SSSR count). The van der Waals surface area contributed by atoms with Crippen molar-refractivity contribution in [3.8, 4) is 0 Å². The van der Waals surface area contributed by atoms with Gasteiger partial charge in [0, 0.05) is 56.7 Å². The standard InChI is InChI=1S/C28H34FN7O3/c1-28(2,39)24(29)17-35-16-18-13-22(32-26(37)21-15-31-36-8-4-7-30-25(21)36)23(14-20(18)27(35)38)34-11-9-33(10-12-34)19-5-3-6-19/h4,7-8,13-15,19,24,39H,3,5-6,9-12,16-17H2,1-2H3,(H,32,37). The number of alkyl halides is 1. The molecule has 1 saturated heterocycles. The largest absolute Gasteiger partial charge is 0.387 e. The Bertz CT molecular complexity index is 1410. The maximum atomic E-state index is 14.7. The van der Waals surface area contributed by atoms with Crippen LogP contribution in [0.1, 0.15) is 59.4 Å². The molecule has 0 radical (unpaired) electrons. The molecule has 0 spiro atoms. The van der Waals surface area contributed by atoms with E-state index in [-0.39, 0.29) is 24.9 Å². The molecule has 39 heavy (non-hydrogen) atoms. The second kappa shape index (κ2) is 9.87. The smallest absolute Gasteiger partial charge is 0.261 e. The van der Waals surface area contributed by atoms with Crippen LogP contribution in [0.2, 0.25) is 0 Å². The molecular weight excluding hydrogens is 501 g/mol. The number of amides is 2. The minimum atomic E-state index is -1.59. The normalized spacial score (nSPS) is 19.3. The molecule has 1 unspecified atom stereocenters. The molecule has 2 aliphatic heterocycles. The predicted molar refractivity (Wildman–Crippen MR) is 145 cm³/mol. The SMILES string of the molecule is CC(C)(O)C(F)CN1Cc2cc(NC(=O)c3cnn4cccnc34)c(N3CCN(C4CCC4)CC3)cc2C1=O. The number of fused-ring (bicyclic) bond motifs is 2. The number of aromatic nitrogens is 3. The molecular formula is C28H34FN7O3. The van der Waals surface area contributed by atoms with Crippen molar-refractivity contribution in [3.05, 3.63) is 53.5 Å². The minimum absolute atomic E-state index is 0.206. The van der Waals surface area contributed by atoms with E-state index in [1.807, 2.05) is 12.1 Å². The number of halogens is 1. The Balaban J connectivity index is 1.30. The van der Waals surface area contributed by atoms with Crippen LogP contribution in [0.5, 0.6) is 0 Å². The van der Waals surface area contributed by atoms with Gasteiger partial charge in [0.1, 0.15) is 11.7 Å². The molecule has 3 aliphatic rings. The zero-order chi connectivity index (χ0) is 27.3. The molecule has 4 heterocycles. The third-order valence-corrected chi connectivity index (χ3v) is 8.27.